The molecule has 0 saturated heterocycles. The largest absolute Gasteiger partial charge is 0.490 e. The minimum atomic E-state index is -0.00198. The van der Waals surface area contributed by atoms with Gasteiger partial charge in [-0.15, -0.1) is 0 Å². The third-order valence-electron chi connectivity index (χ3n) is 5.01. The first-order valence-electron chi connectivity index (χ1n) is 8.48. The summed E-state index contributed by atoms with van der Waals surface area (Å²) >= 11 is 0. The second-order valence-electron chi connectivity index (χ2n) is 6.73. The Labute approximate surface area is 142 Å². The fourth-order valence-corrected chi connectivity index (χ4v) is 3.44. The molecule has 1 N–H and O–H groups in total. The van der Waals surface area contributed by atoms with Gasteiger partial charge in [0.05, 0.1) is 12.2 Å². The van der Waals surface area contributed by atoms with E-state index in [1.807, 2.05) is 25.2 Å². The molecule has 1 heterocycles. The van der Waals surface area contributed by atoms with E-state index >= 15 is 0 Å². The molecule has 1 fully saturated rings. The van der Waals surface area contributed by atoms with E-state index in [9.17, 15) is 4.79 Å². The van der Waals surface area contributed by atoms with Crippen LogP contribution in [0, 0.1) is 6.92 Å². The van der Waals surface area contributed by atoms with Crippen molar-refractivity contribution in [2.45, 2.75) is 25.3 Å². The number of benzene rings is 2. The maximum absolute atomic E-state index is 12.6. The Kier molecular flexibility index (Phi) is 3.68. The van der Waals surface area contributed by atoms with Gasteiger partial charge in [-0.2, -0.15) is 0 Å². The van der Waals surface area contributed by atoms with E-state index in [1.165, 1.54) is 11.1 Å². The molecule has 2 aromatic carbocycles. The minimum absolute atomic E-state index is 0.00198. The average Bonchev–Trinajstić information content (AvgIpc) is 3.34. The van der Waals surface area contributed by atoms with E-state index in [1.54, 1.807) is 0 Å². The molecule has 1 amide bonds. The molecule has 2 atom stereocenters. The van der Waals surface area contributed by atoms with Crippen LogP contribution in [0.15, 0.2) is 42.5 Å². The third-order valence-corrected chi connectivity index (χ3v) is 5.01. The van der Waals surface area contributed by atoms with Crippen LogP contribution in [0.5, 0.6) is 5.75 Å². The molecule has 0 spiro atoms. The van der Waals surface area contributed by atoms with Gasteiger partial charge >= 0.3 is 0 Å². The molecule has 0 aromatic heterocycles. The summed E-state index contributed by atoms with van der Waals surface area (Å²) in [6.07, 6.45) is 1.02. The van der Waals surface area contributed by atoms with Crippen molar-refractivity contribution in [1.82, 2.24) is 5.32 Å². The smallest absolute Gasteiger partial charge is 0.251 e. The van der Waals surface area contributed by atoms with Crippen molar-refractivity contribution >= 4 is 11.6 Å². The number of hydrogen-bond acceptors (Lipinski definition) is 3. The molecule has 1 aliphatic heterocycles. The predicted octanol–water partition coefficient (Wildman–Crippen LogP) is 3.11. The number of nitrogens with one attached hydrogen (secondary N) is 1. The van der Waals surface area contributed by atoms with Gasteiger partial charge in [0, 0.05) is 24.6 Å². The average molecular weight is 322 g/mol. The highest BCUT2D eigenvalue weighted by atomic mass is 16.5. The topological polar surface area (TPSA) is 41.6 Å². The van der Waals surface area contributed by atoms with Crippen molar-refractivity contribution in [3.8, 4) is 5.75 Å². The lowest BCUT2D eigenvalue weighted by Gasteiger charge is -2.27. The SMILES string of the molecule is Cc1ccccc1[C@@H]1C[C@H]1NC(=O)c1ccc2c(c1)N(C)CCO2. The van der Waals surface area contributed by atoms with Crippen LogP contribution in [-0.4, -0.2) is 32.1 Å². The maximum atomic E-state index is 12.6. The van der Waals surface area contributed by atoms with Gasteiger partial charge in [-0.3, -0.25) is 4.79 Å². The number of hydrogen-bond donors (Lipinski definition) is 1. The van der Waals surface area contributed by atoms with Crippen LogP contribution in [0.3, 0.4) is 0 Å². The van der Waals surface area contributed by atoms with Crippen molar-refractivity contribution in [3.05, 3.63) is 59.2 Å². The Hall–Kier alpha value is -2.49. The molecular weight excluding hydrogens is 300 g/mol. The zero-order chi connectivity index (χ0) is 16.7. The summed E-state index contributed by atoms with van der Waals surface area (Å²) in [5.41, 5.74) is 4.33. The number of anilines is 1. The molecule has 1 aliphatic carbocycles. The van der Waals surface area contributed by atoms with Gasteiger partial charge in [0.2, 0.25) is 0 Å². The summed E-state index contributed by atoms with van der Waals surface area (Å²) in [4.78, 5) is 14.7. The van der Waals surface area contributed by atoms with Crippen molar-refractivity contribution in [1.29, 1.82) is 0 Å². The second kappa shape index (κ2) is 5.86. The van der Waals surface area contributed by atoms with Crippen molar-refractivity contribution < 1.29 is 9.53 Å². The van der Waals surface area contributed by atoms with Gasteiger partial charge in [0.25, 0.3) is 5.91 Å². The first-order valence-corrected chi connectivity index (χ1v) is 8.48. The monoisotopic (exact) mass is 322 g/mol. The molecule has 0 bridgehead atoms. The van der Waals surface area contributed by atoms with Crippen LogP contribution >= 0.6 is 0 Å². The maximum Gasteiger partial charge on any atom is 0.251 e. The molecule has 0 unspecified atom stereocenters. The van der Waals surface area contributed by atoms with Gasteiger partial charge in [0.15, 0.2) is 0 Å². The number of aryl methyl sites for hydroxylation is 1. The highest BCUT2D eigenvalue weighted by molar-refractivity contribution is 5.96. The Morgan fingerprint density at radius 3 is 2.92 bits per heavy atom. The van der Waals surface area contributed by atoms with E-state index in [4.69, 9.17) is 4.74 Å². The standard InChI is InChI=1S/C20H22N2O2/c1-13-5-3-4-6-15(13)16-12-17(16)21-20(23)14-7-8-19-18(11-14)22(2)9-10-24-19/h3-8,11,16-17H,9-10,12H2,1-2H3,(H,21,23)/t16-,17+/m0/s1. The minimum Gasteiger partial charge on any atom is -0.490 e. The number of amides is 1. The van der Waals surface area contributed by atoms with E-state index in [2.05, 4.69) is 41.4 Å². The molecule has 124 valence electrons. The molecule has 4 nitrogen and oxygen atoms in total. The summed E-state index contributed by atoms with van der Waals surface area (Å²) in [6.45, 7) is 3.66. The Morgan fingerprint density at radius 2 is 2.08 bits per heavy atom. The van der Waals surface area contributed by atoms with Crippen molar-refractivity contribution in [2.75, 3.05) is 25.1 Å². The lowest BCUT2D eigenvalue weighted by molar-refractivity contribution is 0.0950. The zero-order valence-corrected chi connectivity index (χ0v) is 14.1. The van der Waals surface area contributed by atoms with E-state index in [-0.39, 0.29) is 11.9 Å². The van der Waals surface area contributed by atoms with Gasteiger partial charge in [0.1, 0.15) is 12.4 Å². The van der Waals surface area contributed by atoms with Crippen LogP contribution in [0.25, 0.3) is 0 Å². The number of carbonyl (C=O) groups excluding carboxylic acids is 1. The van der Waals surface area contributed by atoms with Crippen LogP contribution in [0.1, 0.15) is 33.8 Å². The van der Waals surface area contributed by atoms with E-state index < -0.39 is 0 Å². The Balaban J connectivity index is 1.46. The van der Waals surface area contributed by atoms with Crippen molar-refractivity contribution in [2.24, 2.45) is 0 Å². The Bertz CT molecular complexity index is 787. The van der Waals surface area contributed by atoms with Crippen LogP contribution in [-0.2, 0) is 0 Å². The van der Waals surface area contributed by atoms with Gasteiger partial charge in [-0.05, 0) is 42.7 Å². The molecule has 24 heavy (non-hydrogen) atoms. The first-order chi connectivity index (χ1) is 11.6. The molecule has 1 saturated carbocycles. The second-order valence-corrected chi connectivity index (χ2v) is 6.73. The van der Waals surface area contributed by atoms with Gasteiger partial charge in [-0.25, -0.2) is 0 Å². The normalized spacial score (nSPS) is 21.7. The quantitative estimate of drug-likeness (QED) is 0.944. The summed E-state index contributed by atoms with van der Waals surface area (Å²) in [5.74, 6) is 1.29. The third kappa shape index (κ3) is 2.73. The molecule has 4 rings (SSSR count). The number of carbonyl (C=O) groups is 1. The summed E-state index contributed by atoms with van der Waals surface area (Å²) in [7, 11) is 2.03. The predicted molar refractivity (Wildman–Crippen MR) is 95.0 cm³/mol. The van der Waals surface area contributed by atoms with Crippen molar-refractivity contribution in [3.63, 3.8) is 0 Å². The summed E-state index contributed by atoms with van der Waals surface area (Å²) in [6, 6.07) is 14.3. The van der Waals surface area contributed by atoms with E-state index in [0.29, 0.717) is 18.1 Å². The fourth-order valence-electron chi connectivity index (χ4n) is 3.44. The number of ether oxygens (including phenoxy) is 1. The number of likely N-dealkylation sites (N-methyl/N-ethyl adjacent to an activating group) is 1. The molecule has 0 radical (unpaired) electrons. The van der Waals surface area contributed by atoms with Crippen LogP contribution in [0.2, 0.25) is 0 Å². The molecule has 2 aromatic rings. The van der Waals surface area contributed by atoms with Gasteiger partial charge in [-0.1, -0.05) is 24.3 Å². The first kappa shape index (κ1) is 15.1. The molecular formula is C20H22N2O2. The lowest BCUT2D eigenvalue weighted by atomic mass is 10.0. The van der Waals surface area contributed by atoms with E-state index in [0.717, 1.165) is 24.4 Å². The highest BCUT2D eigenvalue weighted by Gasteiger charge is 2.40. The van der Waals surface area contributed by atoms with Crippen LogP contribution < -0.4 is 15.0 Å². The van der Waals surface area contributed by atoms with Gasteiger partial charge < -0.3 is 15.0 Å². The fraction of sp³-hybridized carbons (Fsp3) is 0.350. The molecule has 4 heteroatoms. The summed E-state index contributed by atoms with van der Waals surface area (Å²) < 4.78 is 5.64. The number of rotatable bonds is 3. The highest BCUT2D eigenvalue weighted by Crippen LogP contribution is 2.42. The summed E-state index contributed by atoms with van der Waals surface area (Å²) in [5, 5.41) is 3.17. The van der Waals surface area contributed by atoms with Crippen LogP contribution in [0.4, 0.5) is 5.69 Å². The molecule has 2 aliphatic rings. The Morgan fingerprint density at radius 1 is 1.25 bits per heavy atom. The number of fused-ring (bicyclic) bond motifs is 1. The lowest BCUT2D eigenvalue weighted by Crippen LogP contribution is -2.30. The number of nitrogens with zero attached hydrogens (tertiary/aromatic N) is 1. The zero-order valence-electron chi connectivity index (χ0n) is 14.1.